The fourth-order valence-corrected chi connectivity index (χ4v) is 5.09. The molecule has 0 aliphatic carbocycles. The number of sulfonamides is 1. The first-order chi connectivity index (χ1) is 15.2. The summed E-state index contributed by atoms with van der Waals surface area (Å²) in [6, 6.07) is 12.1. The monoisotopic (exact) mass is 474 g/mol. The minimum absolute atomic E-state index is 0.0194. The van der Waals surface area contributed by atoms with Crippen molar-refractivity contribution < 1.29 is 27.5 Å². The zero-order valence-electron chi connectivity index (χ0n) is 17.9. The van der Waals surface area contributed by atoms with E-state index in [4.69, 9.17) is 9.47 Å². The van der Waals surface area contributed by atoms with E-state index < -0.39 is 21.9 Å². The molecule has 1 heterocycles. The summed E-state index contributed by atoms with van der Waals surface area (Å²) in [5, 5.41) is 3.05. The average molecular weight is 475 g/mol. The van der Waals surface area contributed by atoms with E-state index in [2.05, 4.69) is 10.0 Å². The molecule has 8 nitrogen and oxygen atoms in total. The molecule has 3 rings (SSSR count). The third kappa shape index (κ3) is 4.76. The summed E-state index contributed by atoms with van der Waals surface area (Å²) in [4.78, 5) is 26.1. The molecule has 0 aliphatic rings. The highest BCUT2D eigenvalue weighted by molar-refractivity contribution is 7.92. The number of amides is 1. The molecule has 0 spiro atoms. The van der Waals surface area contributed by atoms with Gasteiger partial charge in [0, 0.05) is 4.88 Å². The predicted molar refractivity (Wildman–Crippen MR) is 123 cm³/mol. The highest BCUT2D eigenvalue weighted by atomic mass is 32.2. The van der Waals surface area contributed by atoms with Crippen molar-refractivity contribution in [2.45, 2.75) is 18.7 Å². The molecule has 0 aliphatic heterocycles. The molecule has 0 saturated heterocycles. The SMILES string of the molecule is COC(=O)c1c(NC(=O)c2ccccc2NS(=O)(=O)c2ccc(OC)cc2)sc(C)c1C. The first-order valence-electron chi connectivity index (χ1n) is 9.43. The lowest BCUT2D eigenvalue weighted by molar-refractivity contribution is 0.0601. The lowest BCUT2D eigenvalue weighted by atomic mass is 10.1. The van der Waals surface area contributed by atoms with Gasteiger partial charge in [0.2, 0.25) is 0 Å². The topological polar surface area (TPSA) is 111 Å². The van der Waals surface area contributed by atoms with Gasteiger partial charge in [-0.3, -0.25) is 9.52 Å². The third-order valence-electron chi connectivity index (χ3n) is 4.79. The Hall–Kier alpha value is -3.37. The van der Waals surface area contributed by atoms with Crippen LogP contribution in [0.1, 0.15) is 31.2 Å². The Morgan fingerprint density at radius 1 is 0.969 bits per heavy atom. The molecule has 0 fully saturated rings. The number of esters is 1. The molecular formula is C22H22N2O6S2. The van der Waals surface area contributed by atoms with E-state index in [1.807, 2.05) is 6.92 Å². The van der Waals surface area contributed by atoms with Gasteiger partial charge in [-0.15, -0.1) is 11.3 Å². The van der Waals surface area contributed by atoms with Crippen molar-refractivity contribution in [2.75, 3.05) is 24.3 Å². The standard InChI is InChI=1S/C22H22N2O6S2/c1-13-14(2)31-21(19(13)22(26)30-4)23-20(25)17-7-5-6-8-18(17)24-32(27,28)16-11-9-15(29-3)10-12-16/h5-12,24H,1-4H3,(H,23,25). The van der Waals surface area contributed by atoms with Crippen molar-refractivity contribution in [2.24, 2.45) is 0 Å². The Kier molecular flexibility index (Phi) is 6.85. The minimum Gasteiger partial charge on any atom is -0.497 e. The van der Waals surface area contributed by atoms with Gasteiger partial charge in [0.15, 0.2) is 0 Å². The third-order valence-corrected chi connectivity index (χ3v) is 7.29. The number of aryl methyl sites for hydroxylation is 1. The van der Waals surface area contributed by atoms with Crippen LogP contribution in [0.2, 0.25) is 0 Å². The van der Waals surface area contributed by atoms with Crippen LogP contribution in [0.4, 0.5) is 10.7 Å². The molecule has 32 heavy (non-hydrogen) atoms. The van der Waals surface area contributed by atoms with Crippen molar-refractivity contribution in [3.8, 4) is 5.75 Å². The summed E-state index contributed by atoms with van der Waals surface area (Å²) in [6.07, 6.45) is 0. The summed E-state index contributed by atoms with van der Waals surface area (Å²) < 4.78 is 38.0. The Morgan fingerprint density at radius 2 is 1.62 bits per heavy atom. The van der Waals surface area contributed by atoms with E-state index in [0.29, 0.717) is 16.3 Å². The van der Waals surface area contributed by atoms with Gasteiger partial charge in [-0.05, 0) is 55.8 Å². The number of ether oxygens (including phenoxy) is 2. The van der Waals surface area contributed by atoms with Crippen LogP contribution in [0.15, 0.2) is 53.4 Å². The number of carbonyl (C=O) groups is 2. The van der Waals surface area contributed by atoms with Crippen LogP contribution in [-0.4, -0.2) is 34.5 Å². The van der Waals surface area contributed by atoms with E-state index in [1.165, 1.54) is 62.0 Å². The lowest BCUT2D eigenvalue weighted by Crippen LogP contribution is -2.19. The van der Waals surface area contributed by atoms with Gasteiger partial charge in [-0.25, -0.2) is 13.2 Å². The minimum atomic E-state index is -3.95. The Labute approximate surface area is 190 Å². The fourth-order valence-electron chi connectivity index (χ4n) is 2.96. The number of thiophene rings is 1. The zero-order chi connectivity index (χ0) is 23.5. The van der Waals surface area contributed by atoms with Gasteiger partial charge in [-0.1, -0.05) is 12.1 Å². The van der Waals surface area contributed by atoms with Crippen molar-refractivity contribution >= 4 is 43.9 Å². The van der Waals surface area contributed by atoms with Crippen LogP contribution in [0.5, 0.6) is 5.75 Å². The molecular weight excluding hydrogens is 452 g/mol. The normalized spacial score (nSPS) is 11.0. The molecule has 2 N–H and O–H groups in total. The summed E-state index contributed by atoms with van der Waals surface area (Å²) in [6.45, 7) is 3.60. The first-order valence-corrected chi connectivity index (χ1v) is 11.7. The van der Waals surface area contributed by atoms with E-state index in [0.717, 1.165) is 4.88 Å². The van der Waals surface area contributed by atoms with E-state index in [1.54, 1.807) is 19.1 Å². The molecule has 1 amide bonds. The Balaban J connectivity index is 1.91. The molecule has 3 aromatic rings. The molecule has 0 radical (unpaired) electrons. The quantitative estimate of drug-likeness (QED) is 0.496. The first kappa shape index (κ1) is 23.3. The molecule has 1 aromatic heterocycles. The number of hydrogen-bond donors (Lipinski definition) is 2. The predicted octanol–water partition coefficient (Wildman–Crippen LogP) is 4.21. The van der Waals surface area contributed by atoms with E-state index in [9.17, 15) is 18.0 Å². The second-order valence-electron chi connectivity index (χ2n) is 6.76. The number of para-hydroxylation sites is 1. The highest BCUT2D eigenvalue weighted by Gasteiger charge is 2.24. The number of carbonyl (C=O) groups excluding carboxylic acids is 2. The molecule has 0 atom stereocenters. The molecule has 0 bridgehead atoms. The summed E-state index contributed by atoms with van der Waals surface area (Å²) in [5.41, 5.74) is 1.19. The van der Waals surface area contributed by atoms with Crippen LogP contribution in [0.25, 0.3) is 0 Å². The van der Waals surface area contributed by atoms with Crippen LogP contribution < -0.4 is 14.8 Å². The second-order valence-corrected chi connectivity index (χ2v) is 9.67. The number of rotatable bonds is 7. The zero-order valence-corrected chi connectivity index (χ0v) is 19.5. The fraction of sp³-hybridized carbons (Fsp3) is 0.182. The maximum Gasteiger partial charge on any atom is 0.341 e. The van der Waals surface area contributed by atoms with E-state index in [-0.39, 0.29) is 21.7 Å². The van der Waals surface area contributed by atoms with Crippen LogP contribution in [-0.2, 0) is 14.8 Å². The lowest BCUT2D eigenvalue weighted by Gasteiger charge is -2.13. The molecule has 0 saturated carbocycles. The van der Waals surface area contributed by atoms with Gasteiger partial charge in [0.05, 0.1) is 35.9 Å². The maximum absolute atomic E-state index is 13.0. The number of methoxy groups -OCH3 is 2. The molecule has 2 aromatic carbocycles. The van der Waals surface area contributed by atoms with E-state index >= 15 is 0 Å². The smallest absolute Gasteiger partial charge is 0.341 e. The largest absolute Gasteiger partial charge is 0.497 e. The molecule has 0 unspecified atom stereocenters. The molecule has 168 valence electrons. The van der Waals surface area contributed by atoms with Crippen molar-refractivity contribution in [1.82, 2.24) is 0 Å². The number of anilines is 2. The van der Waals surface area contributed by atoms with Crippen molar-refractivity contribution in [3.63, 3.8) is 0 Å². The second kappa shape index (κ2) is 9.41. The number of hydrogen-bond acceptors (Lipinski definition) is 7. The Bertz CT molecular complexity index is 1260. The van der Waals surface area contributed by atoms with Gasteiger partial charge >= 0.3 is 5.97 Å². The highest BCUT2D eigenvalue weighted by Crippen LogP contribution is 2.34. The van der Waals surface area contributed by atoms with Crippen molar-refractivity contribution in [3.05, 3.63) is 70.1 Å². The maximum atomic E-state index is 13.0. The molecule has 10 heteroatoms. The summed E-state index contributed by atoms with van der Waals surface area (Å²) in [7, 11) is -1.20. The van der Waals surface area contributed by atoms with Gasteiger partial charge in [-0.2, -0.15) is 0 Å². The van der Waals surface area contributed by atoms with Crippen LogP contribution >= 0.6 is 11.3 Å². The average Bonchev–Trinajstić information content (AvgIpc) is 3.06. The van der Waals surface area contributed by atoms with Gasteiger partial charge < -0.3 is 14.8 Å². The Morgan fingerprint density at radius 3 is 2.25 bits per heavy atom. The number of nitrogens with one attached hydrogen (secondary N) is 2. The van der Waals surface area contributed by atoms with Gasteiger partial charge in [0.1, 0.15) is 10.8 Å². The van der Waals surface area contributed by atoms with Gasteiger partial charge in [0.25, 0.3) is 15.9 Å². The summed E-state index contributed by atoms with van der Waals surface area (Å²) in [5.74, 6) is -0.605. The number of benzene rings is 2. The van der Waals surface area contributed by atoms with Crippen LogP contribution in [0.3, 0.4) is 0 Å². The van der Waals surface area contributed by atoms with Crippen LogP contribution in [0, 0.1) is 13.8 Å². The van der Waals surface area contributed by atoms with Crippen molar-refractivity contribution in [1.29, 1.82) is 0 Å². The summed E-state index contributed by atoms with van der Waals surface area (Å²) >= 11 is 1.24.